The van der Waals surface area contributed by atoms with Crippen LogP contribution in [0.3, 0.4) is 0 Å². The van der Waals surface area contributed by atoms with E-state index in [-0.39, 0.29) is 0 Å². The topological polar surface area (TPSA) is 38.5 Å². The van der Waals surface area contributed by atoms with Crippen molar-refractivity contribution in [2.75, 3.05) is 32.8 Å². The Kier molecular flexibility index (Phi) is 5.93. The van der Waals surface area contributed by atoms with Crippen molar-refractivity contribution >= 4 is 0 Å². The monoisotopic (exact) mass is 254 g/mol. The van der Waals surface area contributed by atoms with E-state index < -0.39 is 0 Å². The van der Waals surface area contributed by atoms with Crippen molar-refractivity contribution in [2.24, 2.45) is 17.6 Å². The fourth-order valence-corrected chi connectivity index (χ4v) is 3.58. The Morgan fingerprint density at radius 1 is 1.22 bits per heavy atom. The summed E-state index contributed by atoms with van der Waals surface area (Å²) in [5.74, 6) is 1.65. The van der Waals surface area contributed by atoms with Gasteiger partial charge in [0, 0.05) is 32.3 Å². The van der Waals surface area contributed by atoms with Crippen molar-refractivity contribution in [1.82, 2.24) is 4.90 Å². The molecular formula is C15H30N2O. The maximum atomic E-state index is 6.34. The van der Waals surface area contributed by atoms with Crippen LogP contribution in [-0.2, 0) is 4.74 Å². The number of hydrogen-bond acceptors (Lipinski definition) is 3. The smallest absolute Gasteiger partial charge is 0.0593 e. The molecule has 106 valence electrons. The number of nitrogens with two attached hydrogens (primary N) is 1. The molecule has 0 radical (unpaired) electrons. The largest absolute Gasteiger partial charge is 0.380 e. The maximum absolute atomic E-state index is 6.34. The minimum Gasteiger partial charge on any atom is -0.380 e. The molecule has 0 aromatic rings. The van der Waals surface area contributed by atoms with Crippen molar-refractivity contribution in [3.05, 3.63) is 0 Å². The quantitative estimate of drug-likeness (QED) is 0.836. The molecule has 3 nitrogen and oxygen atoms in total. The normalized spacial score (nSPS) is 35.3. The van der Waals surface area contributed by atoms with Gasteiger partial charge < -0.3 is 15.4 Å². The van der Waals surface area contributed by atoms with E-state index in [2.05, 4.69) is 11.8 Å². The Bertz CT molecular complexity index is 227. The number of ether oxygens (including phenoxy) is 1. The predicted molar refractivity (Wildman–Crippen MR) is 75.6 cm³/mol. The maximum Gasteiger partial charge on any atom is 0.0593 e. The molecule has 1 saturated carbocycles. The number of rotatable bonds is 4. The zero-order chi connectivity index (χ0) is 12.8. The van der Waals surface area contributed by atoms with Crippen LogP contribution in [0.25, 0.3) is 0 Å². The molecule has 3 heteroatoms. The molecule has 1 aliphatic heterocycles. The third-order valence-corrected chi connectivity index (χ3v) is 4.65. The van der Waals surface area contributed by atoms with Crippen molar-refractivity contribution in [1.29, 1.82) is 0 Å². The van der Waals surface area contributed by atoms with Gasteiger partial charge in [0.25, 0.3) is 0 Å². The van der Waals surface area contributed by atoms with Gasteiger partial charge in [-0.05, 0) is 37.5 Å². The Morgan fingerprint density at radius 3 is 2.94 bits per heavy atom. The summed E-state index contributed by atoms with van der Waals surface area (Å²) < 4.78 is 5.53. The van der Waals surface area contributed by atoms with Gasteiger partial charge in [0.05, 0.1) is 6.61 Å². The second-order valence-electron chi connectivity index (χ2n) is 6.16. The first kappa shape index (κ1) is 14.3. The molecule has 2 fully saturated rings. The molecule has 2 aliphatic rings. The molecule has 0 amide bonds. The summed E-state index contributed by atoms with van der Waals surface area (Å²) in [7, 11) is 0. The lowest BCUT2D eigenvalue weighted by atomic mass is 9.76. The molecule has 1 aliphatic carbocycles. The van der Waals surface area contributed by atoms with Gasteiger partial charge in [0.2, 0.25) is 0 Å². The Morgan fingerprint density at radius 2 is 2.11 bits per heavy atom. The highest BCUT2D eigenvalue weighted by Gasteiger charge is 2.29. The van der Waals surface area contributed by atoms with Crippen LogP contribution >= 0.6 is 0 Å². The standard InChI is InChI=1S/C15H30N2O/c1-2-4-13-5-6-15(16)14(11-13)12-17-7-3-9-18-10-8-17/h13-15H,2-12,16H2,1H3. The summed E-state index contributed by atoms with van der Waals surface area (Å²) in [6.45, 7) is 7.63. The summed E-state index contributed by atoms with van der Waals surface area (Å²) in [6.07, 6.45) is 7.84. The molecule has 0 aromatic carbocycles. The van der Waals surface area contributed by atoms with Crippen molar-refractivity contribution < 1.29 is 4.74 Å². The lowest BCUT2D eigenvalue weighted by molar-refractivity contribution is 0.126. The van der Waals surface area contributed by atoms with Gasteiger partial charge >= 0.3 is 0 Å². The van der Waals surface area contributed by atoms with Gasteiger partial charge in [-0.3, -0.25) is 0 Å². The Hall–Kier alpha value is -0.120. The highest BCUT2D eigenvalue weighted by Crippen LogP contribution is 2.31. The zero-order valence-electron chi connectivity index (χ0n) is 11.9. The third kappa shape index (κ3) is 4.22. The first-order valence-corrected chi connectivity index (χ1v) is 7.85. The minimum absolute atomic E-state index is 0.433. The Labute approximate surface area is 112 Å². The average Bonchev–Trinajstić information content (AvgIpc) is 2.62. The third-order valence-electron chi connectivity index (χ3n) is 4.65. The van der Waals surface area contributed by atoms with Gasteiger partial charge in [0.1, 0.15) is 0 Å². The van der Waals surface area contributed by atoms with Crippen molar-refractivity contribution in [3.8, 4) is 0 Å². The molecule has 0 spiro atoms. The van der Waals surface area contributed by atoms with E-state index in [9.17, 15) is 0 Å². The van der Waals surface area contributed by atoms with Crippen LogP contribution in [0, 0.1) is 11.8 Å². The van der Waals surface area contributed by atoms with Gasteiger partial charge in [-0.1, -0.05) is 19.8 Å². The van der Waals surface area contributed by atoms with Crippen LogP contribution in [0.5, 0.6) is 0 Å². The van der Waals surface area contributed by atoms with Crippen LogP contribution in [0.15, 0.2) is 0 Å². The summed E-state index contributed by atoms with van der Waals surface area (Å²) in [6, 6.07) is 0.433. The second kappa shape index (κ2) is 7.46. The molecule has 2 N–H and O–H groups in total. The second-order valence-corrected chi connectivity index (χ2v) is 6.16. The highest BCUT2D eigenvalue weighted by molar-refractivity contribution is 4.84. The molecule has 18 heavy (non-hydrogen) atoms. The number of nitrogens with zero attached hydrogens (tertiary/aromatic N) is 1. The molecule has 0 aromatic heterocycles. The molecular weight excluding hydrogens is 224 g/mol. The molecule has 3 atom stereocenters. The molecule has 3 unspecified atom stereocenters. The van der Waals surface area contributed by atoms with Gasteiger partial charge in [-0.25, -0.2) is 0 Å². The van der Waals surface area contributed by atoms with Crippen LogP contribution in [0.2, 0.25) is 0 Å². The first-order valence-electron chi connectivity index (χ1n) is 7.85. The molecule has 0 bridgehead atoms. The average molecular weight is 254 g/mol. The minimum atomic E-state index is 0.433. The zero-order valence-corrected chi connectivity index (χ0v) is 11.9. The van der Waals surface area contributed by atoms with Crippen LogP contribution in [0.1, 0.15) is 45.4 Å². The lowest BCUT2D eigenvalue weighted by Gasteiger charge is -2.37. The van der Waals surface area contributed by atoms with Crippen LogP contribution in [0.4, 0.5) is 0 Å². The van der Waals surface area contributed by atoms with Crippen LogP contribution in [-0.4, -0.2) is 43.8 Å². The van der Waals surface area contributed by atoms with E-state index in [1.807, 2.05) is 0 Å². The SMILES string of the molecule is CCCC1CCC(N)C(CN2CCCOCC2)C1. The fourth-order valence-electron chi connectivity index (χ4n) is 3.58. The number of hydrogen-bond donors (Lipinski definition) is 1. The molecule has 2 rings (SSSR count). The summed E-state index contributed by atoms with van der Waals surface area (Å²) in [5, 5.41) is 0. The van der Waals surface area contributed by atoms with Gasteiger partial charge in [-0.2, -0.15) is 0 Å². The van der Waals surface area contributed by atoms with E-state index in [0.29, 0.717) is 12.0 Å². The molecule has 1 heterocycles. The van der Waals surface area contributed by atoms with Crippen molar-refractivity contribution in [2.45, 2.75) is 51.5 Å². The van der Waals surface area contributed by atoms with E-state index in [0.717, 1.165) is 25.7 Å². The van der Waals surface area contributed by atoms with E-state index in [4.69, 9.17) is 10.5 Å². The molecule has 1 saturated heterocycles. The van der Waals surface area contributed by atoms with Gasteiger partial charge in [0.15, 0.2) is 0 Å². The van der Waals surface area contributed by atoms with E-state index in [1.54, 1.807) is 0 Å². The summed E-state index contributed by atoms with van der Waals surface area (Å²) in [4.78, 5) is 2.58. The van der Waals surface area contributed by atoms with Gasteiger partial charge in [-0.15, -0.1) is 0 Å². The lowest BCUT2D eigenvalue weighted by Crippen LogP contribution is -2.43. The van der Waals surface area contributed by atoms with E-state index in [1.165, 1.54) is 51.6 Å². The highest BCUT2D eigenvalue weighted by atomic mass is 16.5. The summed E-state index contributed by atoms with van der Waals surface area (Å²) in [5.41, 5.74) is 6.34. The first-order chi connectivity index (χ1) is 8.79. The van der Waals surface area contributed by atoms with Crippen LogP contribution < -0.4 is 5.73 Å². The predicted octanol–water partition coefficient (Wildman–Crippen LogP) is 2.25. The van der Waals surface area contributed by atoms with E-state index >= 15 is 0 Å². The van der Waals surface area contributed by atoms with Crippen molar-refractivity contribution in [3.63, 3.8) is 0 Å². The summed E-state index contributed by atoms with van der Waals surface area (Å²) >= 11 is 0. The fraction of sp³-hybridized carbons (Fsp3) is 1.00. The Balaban J connectivity index is 1.81.